The van der Waals surface area contributed by atoms with Gasteiger partial charge in [-0.25, -0.2) is 0 Å². The van der Waals surface area contributed by atoms with Crippen LogP contribution in [0.2, 0.25) is 0 Å². The van der Waals surface area contributed by atoms with Crippen molar-refractivity contribution in [3.8, 4) is 6.07 Å². The lowest BCUT2D eigenvalue weighted by molar-refractivity contribution is -0.122. The Morgan fingerprint density at radius 3 is 2.75 bits per heavy atom. The van der Waals surface area contributed by atoms with Gasteiger partial charge >= 0.3 is 0 Å². The molecule has 0 unspecified atom stereocenters. The van der Waals surface area contributed by atoms with Crippen molar-refractivity contribution in [1.29, 1.82) is 5.26 Å². The van der Waals surface area contributed by atoms with E-state index < -0.39 is 0 Å². The normalized spacial score (nSPS) is 10.7. The second-order valence-corrected chi connectivity index (χ2v) is 4.91. The van der Waals surface area contributed by atoms with Gasteiger partial charge in [-0.15, -0.1) is 0 Å². The van der Waals surface area contributed by atoms with Crippen LogP contribution in [0.1, 0.15) is 32.3 Å². The Kier molecular flexibility index (Phi) is 4.41. The molecule has 0 aliphatic heterocycles. The average Bonchev–Trinajstić information content (AvgIpc) is 2.86. The van der Waals surface area contributed by atoms with Gasteiger partial charge in [0.25, 0.3) is 0 Å². The molecule has 1 aromatic carbocycles. The van der Waals surface area contributed by atoms with Crippen LogP contribution < -0.4 is 5.32 Å². The number of nitrogens with one attached hydrogen (secondary N) is 1. The van der Waals surface area contributed by atoms with E-state index in [0.29, 0.717) is 5.56 Å². The maximum absolute atomic E-state index is 12.0. The number of fused-ring (bicyclic) bond motifs is 1. The van der Waals surface area contributed by atoms with Gasteiger partial charge in [-0.05, 0) is 36.4 Å². The predicted octanol–water partition coefficient (Wildman–Crippen LogP) is 2.82. The molecule has 104 valence electrons. The van der Waals surface area contributed by atoms with Gasteiger partial charge in [-0.3, -0.25) is 4.79 Å². The minimum Gasteiger partial charge on any atom is -0.352 e. The second-order valence-electron chi connectivity index (χ2n) is 4.91. The number of amides is 1. The van der Waals surface area contributed by atoms with Crippen LogP contribution in [0.3, 0.4) is 0 Å². The summed E-state index contributed by atoms with van der Waals surface area (Å²) >= 11 is 0. The number of rotatable bonds is 5. The third-order valence-electron chi connectivity index (χ3n) is 3.57. The summed E-state index contributed by atoms with van der Waals surface area (Å²) in [6, 6.07) is 9.83. The maximum Gasteiger partial charge on any atom is 0.240 e. The van der Waals surface area contributed by atoms with Crippen LogP contribution in [0, 0.1) is 11.3 Å². The molecule has 0 atom stereocenters. The first-order chi connectivity index (χ1) is 9.67. The van der Waals surface area contributed by atoms with E-state index in [0.717, 1.165) is 23.7 Å². The van der Waals surface area contributed by atoms with E-state index in [1.54, 1.807) is 6.07 Å². The molecule has 20 heavy (non-hydrogen) atoms. The largest absolute Gasteiger partial charge is 0.352 e. The Morgan fingerprint density at radius 2 is 2.10 bits per heavy atom. The fourth-order valence-corrected chi connectivity index (χ4v) is 2.31. The molecule has 1 amide bonds. The number of hydrogen-bond acceptors (Lipinski definition) is 2. The number of nitriles is 1. The summed E-state index contributed by atoms with van der Waals surface area (Å²) in [5.41, 5.74) is 1.53. The fraction of sp³-hybridized carbons (Fsp3) is 0.375. The third kappa shape index (κ3) is 3.00. The molecule has 4 nitrogen and oxygen atoms in total. The van der Waals surface area contributed by atoms with E-state index in [1.165, 1.54) is 0 Å². The first-order valence-corrected chi connectivity index (χ1v) is 6.96. The molecule has 0 spiro atoms. The summed E-state index contributed by atoms with van der Waals surface area (Å²) < 4.78 is 1.88. The molecular formula is C16H19N3O. The van der Waals surface area contributed by atoms with Gasteiger partial charge in [0, 0.05) is 17.8 Å². The zero-order chi connectivity index (χ0) is 14.5. The minimum absolute atomic E-state index is 0.0126. The van der Waals surface area contributed by atoms with Crippen molar-refractivity contribution < 1.29 is 4.79 Å². The van der Waals surface area contributed by atoms with E-state index >= 15 is 0 Å². The predicted molar refractivity (Wildman–Crippen MR) is 79.2 cm³/mol. The summed E-state index contributed by atoms with van der Waals surface area (Å²) in [4.78, 5) is 12.0. The van der Waals surface area contributed by atoms with Crippen molar-refractivity contribution in [3.05, 3.63) is 36.0 Å². The Bertz CT molecular complexity index is 647. The molecule has 0 aliphatic carbocycles. The zero-order valence-electron chi connectivity index (χ0n) is 11.9. The Labute approximate surface area is 119 Å². The molecule has 2 aromatic rings. The lowest BCUT2D eigenvalue weighted by Gasteiger charge is -2.15. The van der Waals surface area contributed by atoms with Gasteiger partial charge in [0.05, 0.1) is 11.6 Å². The van der Waals surface area contributed by atoms with Crippen molar-refractivity contribution in [1.82, 2.24) is 9.88 Å². The highest BCUT2D eigenvalue weighted by Crippen LogP contribution is 2.17. The molecule has 0 bridgehead atoms. The monoisotopic (exact) mass is 269 g/mol. The smallest absolute Gasteiger partial charge is 0.240 e. The van der Waals surface area contributed by atoms with Crippen LogP contribution in [0.25, 0.3) is 10.9 Å². The van der Waals surface area contributed by atoms with Crippen molar-refractivity contribution in [2.45, 2.75) is 39.3 Å². The highest BCUT2D eigenvalue weighted by molar-refractivity contribution is 5.84. The molecule has 2 rings (SSSR count). The van der Waals surface area contributed by atoms with E-state index in [1.807, 2.05) is 29.0 Å². The van der Waals surface area contributed by atoms with E-state index in [9.17, 15) is 4.79 Å². The molecule has 0 fully saturated rings. The van der Waals surface area contributed by atoms with Gasteiger partial charge in [0.2, 0.25) is 5.91 Å². The van der Waals surface area contributed by atoms with E-state index in [4.69, 9.17) is 5.26 Å². The SMILES string of the molecule is CCC(CC)NC(=O)Cn1ccc2ccc(C#N)cc21. The average molecular weight is 269 g/mol. The second kappa shape index (κ2) is 6.25. The van der Waals surface area contributed by atoms with Crippen LogP contribution >= 0.6 is 0 Å². The summed E-state index contributed by atoms with van der Waals surface area (Å²) in [5, 5.41) is 13.0. The molecule has 0 saturated heterocycles. The molecule has 0 saturated carbocycles. The molecular weight excluding hydrogens is 250 g/mol. The van der Waals surface area contributed by atoms with Crippen molar-refractivity contribution >= 4 is 16.8 Å². The van der Waals surface area contributed by atoms with Crippen molar-refractivity contribution in [2.75, 3.05) is 0 Å². The summed E-state index contributed by atoms with van der Waals surface area (Å²) in [5.74, 6) is 0.0126. The summed E-state index contributed by atoms with van der Waals surface area (Å²) in [7, 11) is 0. The standard InChI is InChI=1S/C16H19N3O/c1-3-14(4-2)18-16(20)11-19-8-7-13-6-5-12(10-17)9-15(13)19/h5-9,14H,3-4,11H2,1-2H3,(H,18,20). The molecule has 1 N–H and O–H groups in total. The lowest BCUT2D eigenvalue weighted by Crippen LogP contribution is -2.36. The quantitative estimate of drug-likeness (QED) is 0.907. The number of aromatic nitrogens is 1. The number of carbonyl (C=O) groups excluding carboxylic acids is 1. The van der Waals surface area contributed by atoms with Gasteiger partial charge < -0.3 is 9.88 Å². The first-order valence-electron chi connectivity index (χ1n) is 6.96. The molecule has 1 aromatic heterocycles. The Morgan fingerprint density at radius 1 is 1.35 bits per heavy atom. The van der Waals surface area contributed by atoms with E-state index in [-0.39, 0.29) is 18.5 Å². The lowest BCUT2D eigenvalue weighted by atomic mass is 10.2. The Hall–Kier alpha value is -2.28. The maximum atomic E-state index is 12.0. The third-order valence-corrected chi connectivity index (χ3v) is 3.57. The van der Waals surface area contributed by atoms with Crippen molar-refractivity contribution in [3.63, 3.8) is 0 Å². The number of nitrogens with zero attached hydrogens (tertiary/aromatic N) is 2. The van der Waals surface area contributed by atoms with Crippen LogP contribution in [0.5, 0.6) is 0 Å². The van der Waals surface area contributed by atoms with E-state index in [2.05, 4.69) is 25.2 Å². The van der Waals surface area contributed by atoms with Gasteiger partial charge in [0.15, 0.2) is 0 Å². The highest BCUT2D eigenvalue weighted by atomic mass is 16.2. The number of benzene rings is 1. The van der Waals surface area contributed by atoms with Crippen molar-refractivity contribution in [2.24, 2.45) is 0 Å². The summed E-state index contributed by atoms with van der Waals surface area (Å²) in [6.45, 7) is 4.42. The van der Waals surface area contributed by atoms with Crippen LogP contribution in [-0.2, 0) is 11.3 Å². The number of carbonyl (C=O) groups is 1. The Balaban J connectivity index is 2.17. The van der Waals surface area contributed by atoms with Gasteiger partial charge in [-0.2, -0.15) is 5.26 Å². The van der Waals surface area contributed by atoms with Gasteiger partial charge in [0.1, 0.15) is 6.54 Å². The fourth-order valence-electron chi connectivity index (χ4n) is 2.31. The molecule has 0 radical (unpaired) electrons. The van der Waals surface area contributed by atoms with Crippen LogP contribution in [0.15, 0.2) is 30.5 Å². The molecule has 0 aliphatic rings. The summed E-state index contributed by atoms with van der Waals surface area (Å²) in [6.07, 6.45) is 3.76. The topological polar surface area (TPSA) is 57.8 Å². The van der Waals surface area contributed by atoms with Crippen LogP contribution in [-0.4, -0.2) is 16.5 Å². The van der Waals surface area contributed by atoms with Gasteiger partial charge in [-0.1, -0.05) is 19.9 Å². The minimum atomic E-state index is 0.0126. The first kappa shape index (κ1) is 14.1. The number of hydrogen-bond donors (Lipinski definition) is 1. The molecule has 4 heteroatoms. The zero-order valence-corrected chi connectivity index (χ0v) is 11.9. The molecule has 1 heterocycles. The highest BCUT2D eigenvalue weighted by Gasteiger charge is 2.10. The van der Waals surface area contributed by atoms with Crippen LogP contribution in [0.4, 0.5) is 0 Å².